The molecule has 0 unspecified atom stereocenters. The van der Waals surface area contributed by atoms with Crippen LogP contribution in [0, 0.1) is 5.41 Å². The molecule has 0 bridgehead atoms. The summed E-state index contributed by atoms with van der Waals surface area (Å²) in [6, 6.07) is 0. The van der Waals surface area contributed by atoms with Gasteiger partial charge in [-0.05, 0) is 38.8 Å². The van der Waals surface area contributed by atoms with E-state index in [2.05, 4.69) is 10.0 Å². The first-order valence-electron chi connectivity index (χ1n) is 6.26. The molecule has 2 fully saturated rings. The Hall–Kier alpha value is 0.120. The molecule has 0 atom stereocenters. The van der Waals surface area contributed by atoms with Crippen LogP contribution in [0.15, 0.2) is 0 Å². The third kappa shape index (κ3) is 4.06. The van der Waals surface area contributed by atoms with Crippen LogP contribution in [0.4, 0.5) is 0 Å². The van der Waals surface area contributed by atoms with Crippen molar-refractivity contribution in [1.82, 2.24) is 10.0 Å². The molecule has 0 aromatic carbocycles. The zero-order chi connectivity index (χ0) is 12.4. The van der Waals surface area contributed by atoms with Crippen molar-refractivity contribution in [3.05, 3.63) is 0 Å². The van der Waals surface area contributed by atoms with E-state index in [1.807, 2.05) is 0 Å². The molecular formula is C11H23ClN2O3S. The van der Waals surface area contributed by atoms with Crippen LogP contribution in [0.5, 0.6) is 0 Å². The maximum Gasteiger partial charge on any atom is 0.214 e. The molecular weight excluding hydrogens is 276 g/mol. The number of nitrogens with one attached hydrogen (secondary N) is 2. The normalized spacial score (nSPS) is 23.4. The molecule has 1 aliphatic carbocycles. The fraction of sp³-hybridized carbons (Fsp3) is 1.00. The Morgan fingerprint density at radius 3 is 2.44 bits per heavy atom. The highest BCUT2D eigenvalue weighted by Gasteiger charge is 2.39. The standard InChI is InChI=1S/C11H22N2O3S.ClH/c1-16-9-11(4-6-12-7-5-11)8-13-17(14,15)10-2-3-10;/h10,12-13H,2-9H2,1H3;1H. The zero-order valence-electron chi connectivity index (χ0n) is 10.8. The van der Waals surface area contributed by atoms with E-state index in [1.54, 1.807) is 7.11 Å². The summed E-state index contributed by atoms with van der Waals surface area (Å²) in [5.74, 6) is 0. The molecule has 1 aliphatic heterocycles. The van der Waals surface area contributed by atoms with Gasteiger partial charge >= 0.3 is 0 Å². The third-order valence-corrected chi connectivity index (χ3v) is 5.62. The molecule has 0 aromatic heterocycles. The van der Waals surface area contributed by atoms with Crippen molar-refractivity contribution in [1.29, 1.82) is 0 Å². The van der Waals surface area contributed by atoms with Crippen LogP contribution in [0.25, 0.3) is 0 Å². The number of halogens is 1. The number of hydrogen-bond acceptors (Lipinski definition) is 4. The summed E-state index contributed by atoms with van der Waals surface area (Å²) in [5, 5.41) is 3.16. The van der Waals surface area contributed by atoms with E-state index in [9.17, 15) is 8.42 Å². The van der Waals surface area contributed by atoms with Gasteiger partial charge in [0.05, 0.1) is 11.9 Å². The van der Waals surface area contributed by atoms with Gasteiger partial charge in [0.25, 0.3) is 0 Å². The monoisotopic (exact) mass is 298 g/mol. The van der Waals surface area contributed by atoms with Gasteiger partial charge in [-0.3, -0.25) is 0 Å². The van der Waals surface area contributed by atoms with E-state index < -0.39 is 10.0 Å². The van der Waals surface area contributed by atoms with Crippen LogP contribution in [0.1, 0.15) is 25.7 Å². The molecule has 0 amide bonds. The molecule has 2 aliphatic rings. The molecule has 1 saturated carbocycles. The first-order valence-corrected chi connectivity index (χ1v) is 7.81. The van der Waals surface area contributed by atoms with Crippen molar-refractivity contribution in [2.75, 3.05) is 33.4 Å². The van der Waals surface area contributed by atoms with Crippen LogP contribution in [-0.2, 0) is 14.8 Å². The van der Waals surface area contributed by atoms with Crippen molar-refractivity contribution in [3.63, 3.8) is 0 Å². The summed E-state index contributed by atoms with van der Waals surface area (Å²) in [6.45, 7) is 3.02. The first kappa shape index (κ1) is 16.2. The molecule has 1 saturated heterocycles. The zero-order valence-corrected chi connectivity index (χ0v) is 12.4. The van der Waals surface area contributed by atoms with E-state index in [4.69, 9.17) is 4.74 Å². The quantitative estimate of drug-likeness (QED) is 0.750. The summed E-state index contributed by atoms with van der Waals surface area (Å²) in [6.07, 6.45) is 3.56. The summed E-state index contributed by atoms with van der Waals surface area (Å²) >= 11 is 0. The van der Waals surface area contributed by atoms with Crippen LogP contribution >= 0.6 is 12.4 Å². The number of piperidine rings is 1. The van der Waals surface area contributed by atoms with Gasteiger partial charge in [-0.1, -0.05) is 0 Å². The van der Waals surface area contributed by atoms with E-state index >= 15 is 0 Å². The van der Waals surface area contributed by atoms with Gasteiger partial charge in [-0.15, -0.1) is 12.4 Å². The Labute approximate surface area is 116 Å². The van der Waals surface area contributed by atoms with Gasteiger partial charge in [0, 0.05) is 19.1 Å². The highest BCUT2D eigenvalue weighted by atomic mass is 35.5. The molecule has 2 rings (SSSR count). The van der Waals surface area contributed by atoms with Crippen molar-refractivity contribution in [2.24, 2.45) is 5.41 Å². The Kier molecular flexibility index (Phi) is 5.86. The molecule has 108 valence electrons. The van der Waals surface area contributed by atoms with Gasteiger partial charge < -0.3 is 10.1 Å². The molecule has 0 spiro atoms. The van der Waals surface area contributed by atoms with Gasteiger partial charge in [-0.2, -0.15) is 0 Å². The fourth-order valence-corrected chi connectivity index (χ4v) is 3.89. The Morgan fingerprint density at radius 2 is 1.94 bits per heavy atom. The molecule has 0 radical (unpaired) electrons. The van der Waals surface area contributed by atoms with Crippen LogP contribution < -0.4 is 10.0 Å². The van der Waals surface area contributed by atoms with Crippen LogP contribution in [0.2, 0.25) is 0 Å². The summed E-state index contributed by atoms with van der Waals surface area (Å²) in [4.78, 5) is 0. The van der Waals surface area contributed by atoms with Gasteiger partial charge in [0.15, 0.2) is 0 Å². The van der Waals surface area contributed by atoms with E-state index in [0.29, 0.717) is 13.2 Å². The van der Waals surface area contributed by atoms with Crippen molar-refractivity contribution in [2.45, 2.75) is 30.9 Å². The Morgan fingerprint density at radius 1 is 1.33 bits per heavy atom. The van der Waals surface area contributed by atoms with Gasteiger partial charge in [0.1, 0.15) is 0 Å². The summed E-state index contributed by atoms with van der Waals surface area (Å²) in [7, 11) is -1.39. The molecule has 18 heavy (non-hydrogen) atoms. The minimum absolute atomic E-state index is 0. The number of hydrogen-bond donors (Lipinski definition) is 2. The highest BCUT2D eigenvalue weighted by Crippen LogP contribution is 2.31. The Balaban J connectivity index is 0.00000162. The number of rotatable bonds is 6. The number of methoxy groups -OCH3 is 1. The number of sulfonamides is 1. The summed E-state index contributed by atoms with van der Waals surface area (Å²) in [5.41, 5.74) is -0.0258. The molecule has 5 nitrogen and oxygen atoms in total. The number of ether oxygens (including phenoxy) is 1. The van der Waals surface area contributed by atoms with Crippen LogP contribution in [-0.4, -0.2) is 47.0 Å². The van der Waals surface area contributed by atoms with Crippen molar-refractivity contribution < 1.29 is 13.2 Å². The predicted molar refractivity (Wildman–Crippen MR) is 73.6 cm³/mol. The predicted octanol–water partition coefficient (Wildman–Crippen LogP) is 0.506. The SMILES string of the molecule is COCC1(CNS(=O)(=O)C2CC2)CCNCC1.Cl. The van der Waals surface area contributed by atoms with Crippen molar-refractivity contribution in [3.8, 4) is 0 Å². The van der Waals surface area contributed by atoms with Gasteiger partial charge in [-0.25, -0.2) is 13.1 Å². The first-order chi connectivity index (χ1) is 8.08. The minimum Gasteiger partial charge on any atom is -0.384 e. The molecule has 7 heteroatoms. The second-order valence-electron chi connectivity index (χ2n) is 5.25. The largest absolute Gasteiger partial charge is 0.384 e. The van der Waals surface area contributed by atoms with E-state index in [0.717, 1.165) is 38.8 Å². The third-order valence-electron chi connectivity index (χ3n) is 3.73. The topological polar surface area (TPSA) is 67.4 Å². The average molecular weight is 299 g/mol. The lowest BCUT2D eigenvalue weighted by atomic mass is 9.80. The summed E-state index contributed by atoms with van der Waals surface area (Å²) < 4.78 is 31.7. The van der Waals surface area contributed by atoms with Crippen LogP contribution in [0.3, 0.4) is 0 Å². The Bertz CT molecular complexity index is 346. The smallest absolute Gasteiger partial charge is 0.214 e. The fourth-order valence-electron chi connectivity index (χ4n) is 2.39. The lowest BCUT2D eigenvalue weighted by Crippen LogP contribution is -2.47. The van der Waals surface area contributed by atoms with E-state index in [-0.39, 0.29) is 23.1 Å². The second-order valence-corrected chi connectivity index (χ2v) is 7.29. The minimum atomic E-state index is -3.07. The van der Waals surface area contributed by atoms with Gasteiger partial charge in [0.2, 0.25) is 10.0 Å². The highest BCUT2D eigenvalue weighted by molar-refractivity contribution is 7.90. The second kappa shape index (κ2) is 6.52. The molecule has 2 N–H and O–H groups in total. The maximum absolute atomic E-state index is 11.8. The van der Waals surface area contributed by atoms with E-state index in [1.165, 1.54) is 0 Å². The molecule has 0 aromatic rings. The van der Waals surface area contributed by atoms with Crippen molar-refractivity contribution >= 4 is 22.4 Å². The molecule has 1 heterocycles. The average Bonchev–Trinajstić information content (AvgIpc) is 3.13. The lowest BCUT2D eigenvalue weighted by Gasteiger charge is -2.37. The lowest BCUT2D eigenvalue weighted by molar-refractivity contribution is 0.0577. The maximum atomic E-state index is 11.8.